The van der Waals surface area contributed by atoms with E-state index in [4.69, 9.17) is 16.6 Å². The molecular weight excluding hydrogens is 384 g/mol. The van der Waals surface area contributed by atoms with Gasteiger partial charge in [0.1, 0.15) is 5.76 Å². The van der Waals surface area contributed by atoms with Crippen molar-refractivity contribution in [3.63, 3.8) is 0 Å². The molecule has 154 valence electrons. The second-order valence-corrected chi connectivity index (χ2v) is 8.08. The van der Waals surface area contributed by atoms with Crippen LogP contribution in [0.15, 0.2) is 51.9 Å². The molecule has 0 fully saturated rings. The molecule has 2 heterocycles. The largest absolute Gasteiger partial charge is 0.467 e. The number of quaternary nitrogens is 1. The van der Waals surface area contributed by atoms with Gasteiger partial charge >= 0.3 is 0 Å². The third-order valence-electron chi connectivity index (χ3n) is 4.78. The molecule has 0 aliphatic heterocycles. The van der Waals surface area contributed by atoms with Crippen molar-refractivity contribution in [1.82, 2.24) is 15.2 Å². The van der Waals surface area contributed by atoms with Gasteiger partial charge in [0, 0.05) is 24.0 Å². The number of rotatable bonds is 8. The van der Waals surface area contributed by atoms with Crippen LogP contribution in [0.5, 0.6) is 0 Å². The SMILES string of the molecule is Cc1ccc2[nH]c(=O)c(CN(Cc3ccco3)C(=S)NCCC[NH+](C)C)cc2c1. The zero-order valence-electron chi connectivity index (χ0n) is 17.2. The van der Waals surface area contributed by atoms with Crippen LogP contribution in [-0.2, 0) is 13.1 Å². The van der Waals surface area contributed by atoms with Gasteiger partial charge in [-0.05, 0) is 54.9 Å². The van der Waals surface area contributed by atoms with Crippen LogP contribution in [0.3, 0.4) is 0 Å². The number of H-pyrrole nitrogens is 1. The van der Waals surface area contributed by atoms with E-state index in [1.54, 1.807) is 6.26 Å². The van der Waals surface area contributed by atoms with Crippen LogP contribution in [0, 0.1) is 6.92 Å². The highest BCUT2D eigenvalue weighted by Crippen LogP contribution is 2.15. The van der Waals surface area contributed by atoms with Crippen LogP contribution in [0.4, 0.5) is 0 Å². The van der Waals surface area contributed by atoms with Gasteiger partial charge in [0.2, 0.25) is 0 Å². The molecule has 29 heavy (non-hydrogen) atoms. The summed E-state index contributed by atoms with van der Waals surface area (Å²) in [6.07, 6.45) is 2.67. The van der Waals surface area contributed by atoms with E-state index in [0.29, 0.717) is 23.8 Å². The number of aromatic nitrogens is 1. The van der Waals surface area contributed by atoms with Crippen LogP contribution < -0.4 is 15.8 Å². The Kier molecular flexibility index (Phi) is 7.06. The van der Waals surface area contributed by atoms with Gasteiger partial charge in [0.25, 0.3) is 5.56 Å². The van der Waals surface area contributed by atoms with Crippen molar-refractivity contribution < 1.29 is 9.32 Å². The first kappa shape index (κ1) is 21.1. The summed E-state index contributed by atoms with van der Waals surface area (Å²) in [5.41, 5.74) is 2.58. The number of nitrogens with one attached hydrogen (secondary N) is 3. The summed E-state index contributed by atoms with van der Waals surface area (Å²) >= 11 is 5.64. The van der Waals surface area contributed by atoms with E-state index in [2.05, 4.69) is 30.5 Å². The zero-order valence-corrected chi connectivity index (χ0v) is 18.1. The van der Waals surface area contributed by atoms with Gasteiger partial charge in [-0.2, -0.15) is 0 Å². The molecule has 0 spiro atoms. The molecule has 0 aliphatic carbocycles. The fourth-order valence-electron chi connectivity index (χ4n) is 3.23. The normalized spacial score (nSPS) is 11.2. The first-order valence-corrected chi connectivity index (χ1v) is 10.3. The van der Waals surface area contributed by atoms with Crippen LogP contribution in [0.2, 0.25) is 0 Å². The van der Waals surface area contributed by atoms with E-state index in [1.165, 1.54) is 4.90 Å². The van der Waals surface area contributed by atoms with Crippen molar-refractivity contribution in [1.29, 1.82) is 0 Å². The van der Waals surface area contributed by atoms with Gasteiger partial charge in [0.05, 0.1) is 40.0 Å². The van der Waals surface area contributed by atoms with Crippen molar-refractivity contribution >= 4 is 28.2 Å². The Labute approximate surface area is 176 Å². The molecule has 3 rings (SSSR count). The lowest BCUT2D eigenvalue weighted by Gasteiger charge is -2.25. The fraction of sp³-hybridized carbons (Fsp3) is 0.364. The maximum Gasteiger partial charge on any atom is 0.253 e. The molecule has 0 aliphatic rings. The number of aryl methyl sites for hydroxylation is 1. The molecule has 0 bridgehead atoms. The fourth-order valence-corrected chi connectivity index (χ4v) is 3.46. The molecule has 3 aromatic rings. The van der Waals surface area contributed by atoms with E-state index in [9.17, 15) is 4.79 Å². The molecular formula is C22H29N4O2S+. The summed E-state index contributed by atoms with van der Waals surface area (Å²) in [5.74, 6) is 0.806. The third-order valence-corrected chi connectivity index (χ3v) is 5.18. The Bertz CT molecular complexity index is 1010. The van der Waals surface area contributed by atoms with Gasteiger partial charge in [-0.1, -0.05) is 11.6 Å². The molecule has 1 aromatic carbocycles. The number of nitrogens with zero attached hydrogens (tertiary/aromatic N) is 1. The van der Waals surface area contributed by atoms with Gasteiger partial charge in [0.15, 0.2) is 5.11 Å². The van der Waals surface area contributed by atoms with Crippen molar-refractivity contribution in [3.8, 4) is 0 Å². The number of thiocarbonyl (C=S) groups is 1. The Morgan fingerprint density at radius 1 is 1.24 bits per heavy atom. The lowest BCUT2D eigenvalue weighted by atomic mass is 10.1. The molecule has 0 saturated heterocycles. The number of hydrogen-bond donors (Lipinski definition) is 3. The molecule has 6 nitrogen and oxygen atoms in total. The molecule has 0 amide bonds. The zero-order chi connectivity index (χ0) is 20.8. The van der Waals surface area contributed by atoms with Gasteiger partial charge in [-0.25, -0.2) is 0 Å². The van der Waals surface area contributed by atoms with Gasteiger partial charge < -0.3 is 24.5 Å². The quantitative estimate of drug-likeness (QED) is 0.389. The number of aromatic amines is 1. The molecule has 3 N–H and O–H groups in total. The van der Waals surface area contributed by atoms with Crippen molar-refractivity contribution in [2.75, 3.05) is 27.2 Å². The van der Waals surface area contributed by atoms with Gasteiger partial charge in [-0.15, -0.1) is 0 Å². The van der Waals surface area contributed by atoms with Crippen LogP contribution in [0.1, 0.15) is 23.3 Å². The molecule has 0 atom stereocenters. The molecule has 7 heteroatoms. The summed E-state index contributed by atoms with van der Waals surface area (Å²) in [4.78, 5) is 19.0. The summed E-state index contributed by atoms with van der Waals surface area (Å²) < 4.78 is 5.51. The highest BCUT2D eigenvalue weighted by atomic mass is 32.1. The van der Waals surface area contributed by atoms with E-state index in [0.717, 1.165) is 41.7 Å². The summed E-state index contributed by atoms with van der Waals surface area (Å²) in [7, 11) is 4.27. The second kappa shape index (κ2) is 9.71. The van der Waals surface area contributed by atoms with Gasteiger partial charge in [-0.3, -0.25) is 4.79 Å². The maximum absolute atomic E-state index is 12.6. The minimum atomic E-state index is -0.0928. The van der Waals surface area contributed by atoms with Crippen LogP contribution >= 0.6 is 12.2 Å². The number of hydrogen-bond acceptors (Lipinski definition) is 3. The minimum Gasteiger partial charge on any atom is -0.467 e. The van der Waals surface area contributed by atoms with Crippen LogP contribution in [-0.4, -0.2) is 42.2 Å². The second-order valence-electron chi connectivity index (χ2n) is 7.69. The van der Waals surface area contributed by atoms with Crippen molar-refractivity contribution in [3.05, 3.63) is 69.9 Å². The molecule has 0 saturated carbocycles. The smallest absolute Gasteiger partial charge is 0.253 e. The predicted molar refractivity (Wildman–Crippen MR) is 120 cm³/mol. The minimum absolute atomic E-state index is 0.0928. The van der Waals surface area contributed by atoms with E-state index >= 15 is 0 Å². The molecule has 0 radical (unpaired) electrons. The third kappa shape index (κ3) is 5.92. The van der Waals surface area contributed by atoms with Crippen LogP contribution in [0.25, 0.3) is 10.9 Å². The average Bonchev–Trinajstić information content (AvgIpc) is 3.18. The maximum atomic E-state index is 12.6. The Morgan fingerprint density at radius 2 is 2.07 bits per heavy atom. The standard InChI is InChI=1S/C22H28N4O2S/c1-16-7-8-20-17(12-16)13-18(21(27)24-20)14-26(15-19-6-4-11-28-19)22(29)23-9-5-10-25(2)3/h4,6-8,11-13H,5,9-10,14-15H2,1-3H3,(H,23,29)(H,24,27)/p+1. The summed E-state index contributed by atoms with van der Waals surface area (Å²) in [5, 5.41) is 4.97. The van der Waals surface area contributed by atoms with E-state index in [-0.39, 0.29) is 5.56 Å². The predicted octanol–water partition coefficient (Wildman–Crippen LogP) is 1.84. The summed E-state index contributed by atoms with van der Waals surface area (Å²) in [6.45, 7) is 4.82. The number of benzene rings is 1. The molecule has 0 unspecified atom stereocenters. The Morgan fingerprint density at radius 3 is 2.79 bits per heavy atom. The van der Waals surface area contributed by atoms with Crippen molar-refractivity contribution in [2.45, 2.75) is 26.4 Å². The Hall–Kier alpha value is -2.64. The number of furan rings is 1. The van der Waals surface area contributed by atoms with Crippen molar-refractivity contribution in [2.24, 2.45) is 0 Å². The first-order chi connectivity index (χ1) is 13.9. The van der Waals surface area contributed by atoms with E-state index in [1.807, 2.05) is 42.2 Å². The highest BCUT2D eigenvalue weighted by molar-refractivity contribution is 7.80. The number of pyridine rings is 1. The Balaban J connectivity index is 1.78. The first-order valence-electron chi connectivity index (χ1n) is 9.89. The lowest BCUT2D eigenvalue weighted by Crippen LogP contribution is -3.05. The summed E-state index contributed by atoms with van der Waals surface area (Å²) in [6, 6.07) is 11.7. The average molecular weight is 414 g/mol. The van der Waals surface area contributed by atoms with E-state index < -0.39 is 0 Å². The molecule has 2 aromatic heterocycles. The topological polar surface area (TPSA) is 65.7 Å². The lowest BCUT2D eigenvalue weighted by molar-refractivity contribution is -0.858. The highest BCUT2D eigenvalue weighted by Gasteiger charge is 2.15. The monoisotopic (exact) mass is 413 g/mol. The number of fused-ring (bicyclic) bond motifs is 1.